The number of carbonyl (C=O) groups excluding carboxylic acids is 1. The number of likely N-dealkylation sites (N-methyl/N-ethyl adjacent to an activating group) is 1. The van der Waals surface area contributed by atoms with Gasteiger partial charge in [-0.05, 0) is 14.1 Å². The van der Waals surface area contributed by atoms with E-state index in [1.807, 2.05) is 21.0 Å². The van der Waals surface area contributed by atoms with Crippen molar-refractivity contribution in [3.8, 4) is 0 Å². The number of hydrogen-bond acceptors (Lipinski definition) is 4. The van der Waals surface area contributed by atoms with Crippen molar-refractivity contribution in [3.63, 3.8) is 0 Å². The van der Waals surface area contributed by atoms with Crippen LogP contribution >= 0.6 is 0 Å². The highest BCUT2D eigenvalue weighted by atomic mass is 16.5. The maximum Gasteiger partial charge on any atom is 0.224 e. The van der Waals surface area contributed by atoms with Crippen molar-refractivity contribution in [2.75, 3.05) is 46.9 Å². The van der Waals surface area contributed by atoms with Crippen LogP contribution in [-0.2, 0) is 9.53 Å². The van der Waals surface area contributed by atoms with Crippen molar-refractivity contribution in [2.45, 2.75) is 6.92 Å². The van der Waals surface area contributed by atoms with E-state index in [4.69, 9.17) is 10.5 Å². The van der Waals surface area contributed by atoms with Gasteiger partial charge in [0.15, 0.2) is 0 Å². The average molecular weight is 217 g/mol. The van der Waals surface area contributed by atoms with Crippen molar-refractivity contribution in [1.29, 1.82) is 0 Å². The van der Waals surface area contributed by atoms with Crippen LogP contribution in [0.15, 0.2) is 0 Å². The first kappa shape index (κ1) is 14.3. The van der Waals surface area contributed by atoms with Gasteiger partial charge in [-0.15, -0.1) is 0 Å². The zero-order valence-corrected chi connectivity index (χ0v) is 9.95. The third-order valence-corrected chi connectivity index (χ3v) is 2.03. The van der Waals surface area contributed by atoms with Gasteiger partial charge in [0, 0.05) is 25.6 Å². The van der Waals surface area contributed by atoms with Gasteiger partial charge in [-0.2, -0.15) is 0 Å². The van der Waals surface area contributed by atoms with E-state index in [9.17, 15) is 4.79 Å². The largest absolute Gasteiger partial charge is 0.378 e. The molecule has 0 aliphatic rings. The predicted molar refractivity (Wildman–Crippen MR) is 60.6 cm³/mol. The zero-order valence-electron chi connectivity index (χ0n) is 9.95. The standard InChI is InChI=1S/C10H23N3O2/c1-9(8-11)10(14)12-4-6-15-7-5-13(2)3/h9H,4-8,11H2,1-3H3,(H,12,14). The van der Waals surface area contributed by atoms with Gasteiger partial charge in [0.1, 0.15) is 0 Å². The van der Waals surface area contributed by atoms with Crippen LogP contribution in [0.2, 0.25) is 0 Å². The van der Waals surface area contributed by atoms with E-state index in [0.717, 1.165) is 6.54 Å². The van der Waals surface area contributed by atoms with Gasteiger partial charge in [0.25, 0.3) is 0 Å². The van der Waals surface area contributed by atoms with Crippen molar-refractivity contribution in [3.05, 3.63) is 0 Å². The third kappa shape index (κ3) is 8.35. The van der Waals surface area contributed by atoms with Gasteiger partial charge in [0.05, 0.1) is 13.2 Å². The first-order valence-electron chi connectivity index (χ1n) is 5.28. The molecule has 0 bridgehead atoms. The molecule has 0 aromatic rings. The maximum absolute atomic E-state index is 11.3. The third-order valence-electron chi connectivity index (χ3n) is 2.03. The van der Waals surface area contributed by atoms with Crippen LogP contribution in [0.5, 0.6) is 0 Å². The zero-order chi connectivity index (χ0) is 11.7. The van der Waals surface area contributed by atoms with Gasteiger partial charge < -0.3 is 20.7 Å². The lowest BCUT2D eigenvalue weighted by Gasteiger charge is -2.11. The summed E-state index contributed by atoms with van der Waals surface area (Å²) in [5, 5.41) is 2.76. The van der Waals surface area contributed by atoms with E-state index in [1.165, 1.54) is 0 Å². The predicted octanol–water partition coefficient (Wildman–Crippen LogP) is -0.724. The van der Waals surface area contributed by atoms with Crippen LogP contribution in [0.4, 0.5) is 0 Å². The first-order chi connectivity index (χ1) is 7.07. The van der Waals surface area contributed by atoms with E-state index < -0.39 is 0 Å². The lowest BCUT2D eigenvalue weighted by Crippen LogP contribution is -2.35. The number of nitrogens with one attached hydrogen (secondary N) is 1. The number of ether oxygens (including phenoxy) is 1. The molecule has 0 rings (SSSR count). The Kier molecular flexibility index (Phi) is 8.27. The summed E-state index contributed by atoms with van der Waals surface area (Å²) in [6, 6.07) is 0. The van der Waals surface area contributed by atoms with Crippen molar-refractivity contribution in [2.24, 2.45) is 11.7 Å². The van der Waals surface area contributed by atoms with Crippen LogP contribution in [0, 0.1) is 5.92 Å². The monoisotopic (exact) mass is 217 g/mol. The van der Waals surface area contributed by atoms with Crippen molar-refractivity contribution >= 4 is 5.91 Å². The molecule has 0 spiro atoms. The second-order valence-electron chi connectivity index (χ2n) is 3.84. The van der Waals surface area contributed by atoms with Gasteiger partial charge in [-0.3, -0.25) is 4.79 Å². The molecule has 0 aliphatic carbocycles. The summed E-state index contributed by atoms with van der Waals surface area (Å²) in [7, 11) is 3.99. The molecule has 0 aromatic carbocycles. The summed E-state index contributed by atoms with van der Waals surface area (Å²) in [5.41, 5.74) is 5.36. The topological polar surface area (TPSA) is 67.6 Å². The summed E-state index contributed by atoms with van der Waals surface area (Å²) < 4.78 is 5.32. The van der Waals surface area contributed by atoms with Crippen LogP contribution in [0.1, 0.15) is 6.92 Å². The summed E-state index contributed by atoms with van der Waals surface area (Å²) in [6.07, 6.45) is 0. The average Bonchev–Trinajstić information content (AvgIpc) is 2.21. The summed E-state index contributed by atoms with van der Waals surface area (Å²) in [4.78, 5) is 13.3. The fourth-order valence-corrected chi connectivity index (χ4v) is 0.877. The number of carbonyl (C=O) groups is 1. The van der Waals surface area contributed by atoms with E-state index in [-0.39, 0.29) is 11.8 Å². The minimum Gasteiger partial charge on any atom is -0.378 e. The number of rotatable bonds is 8. The Labute approximate surface area is 91.9 Å². The molecule has 90 valence electrons. The highest BCUT2D eigenvalue weighted by Crippen LogP contribution is 1.89. The van der Waals surface area contributed by atoms with Crippen molar-refractivity contribution < 1.29 is 9.53 Å². The van der Waals surface area contributed by atoms with E-state index >= 15 is 0 Å². The molecule has 0 saturated heterocycles. The lowest BCUT2D eigenvalue weighted by molar-refractivity contribution is -0.124. The van der Waals surface area contributed by atoms with E-state index in [1.54, 1.807) is 0 Å². The van der Waals surface area contributed by atoms with Gasteiger partial charge in [0.2, 0.25) is 5.91 Å². The normalized spacial score (nSPS) is 12.9. The Morgan fingerprint density at radius 2 is 2.13 bits per heavy atom. The summed E-state index contributed by atoms with van der Waals surface area (Å²) in [5.74, 6) is -0.125. The Bertz CT molecular complexity index is 174. The molecule has 0 saturated carbocycles. The highest BCUT2D eigenvalue weighted by molar-refractivity contribution is 5.78. The molecule has 1 amide bonds. The molecular weight excluding hydrogens is 194 g/mol. The fourth-order valence-electron chi connectivity index (χ4n) is 0.877. The molecule has 1 atom stereocenters. The quantitative estimate of drug-likeness (QED) is 0.526. The van der Waals surface area contributed by atoms with Gasteiger partial charge >= 0.3 is 0 Å². The molecule has 0 radical (unpaired) electrons. The van der Waals surface area contributed by atoms with E-state index in [2.05, 4.69) is 10.2 Å². The van der Waals surface area contributed by atoms with Crippen molar-refractivity contribution in [1.82, 2.24) is 10.2 Å². The Balaban J connectivity index is 3.27. The number of amides is 1. The molecule has 0 heterocycles. The molecular formula is C10H23N3O2. The minimum atomic E-state index is -0.119. The summed E-state index contributed by atoms with van der Waals surface area (Å²) in [6.45, 7) is 4.88. The second-order valence-corrected chi connectivity index (χ2v) is 3.84. The van der Waals surface area contributed by atoms with Gasteiger partial charge in [-0.1, -0.05) is 6.92 Å². The lowest BCUT2D eigenvalue weighted by atomic mass is 10.2. The first-order valence-corrected chi connectivity index (χ1v) is 5.28. The molecule has 0 aromatic heterocycles. The van der Waals surface area contributed by atoms with Crippen LogP contribution in [-0.4, -0.2) is 57.8 Å². The molecule has 5 heteroatoms. The van der Waals surface area contributed by atoms with Crippen LogP contribution in [0.25, 0.3) is 0 Å². The second kappa shape index (κ2) is 8.64. The smallest absolute Gasteiger partial charge is 0.224 e. The minimum absolute atomic E-state index is 0.00582. The maximum atomic E-state index is 11.3. The molecule has 5 nitrogen and oxygen atoms in total. The van der Waals surface area contributed by atoms with Crippen LogP contribution < -0.4 is 11.1 Å². The molecule has 1 unspecified atom stereocenters. The SMILES string of the molecule is CC(CN)C(=O)NCCOCCN(C)C. The number of nitrogens with two attached hydrogens (primary N) is 1. The number of nitrogens with zero attached hydrogens (tertiary/aromatic N) is 1. The highest BCUT2D eigenvalue weighted by Gasteiger charge is 2.08. The fraction of sp³-hybridized carbons (Fsp3) is 0.900. The Morgan fingerprint density at radius 1 is 1.47 bits per heavy atom. The van der Waals surface area contributed by atoms with E-state index in [0.29, 0.717) is 26.3 Å². The molecule has 15 heavy (non-hydrogen) atoms. The summed E-state index contributed by atoms with van der Waals surface area (Å²) >= 11 is 0. The van der Waals surface area contributed by atoms with Crippen LogP contribution in [0.3, 0.4) is 0 Å². The Hall–Kier alpha value is -0.650. The molecule has 3 N–H and O–H groups in total. The molecule has 0 fully saturated rings. The van der Waals surface area contributed by atoms with Gasteiger partial charge in [-0.25, -0.2) is 0 Å². The Morgan fingerprint density at radius 3 is 2.67 bits per heavy atom. The molecule has 0 aliphatic heterocycles. The number of hydrogen-bond donors (Lipinski definition) is 2.